The van der Waals surface area contributed by atoms with Gasteiger partial charge in [-0.15, -0.1) is 10.2 Å². The van der Waals surface area contributed by atoms with Crippen molar-refractivity contribution < 1.29 is 24.0 Å². The predicted molar refractivity (Wildman–Crippen MR) is 157 cm³/mol. The van der Waals surface area contributed by atoms with Crippen molar-refractivity contribution in [3.63, 3.8) is 0 Å². The highest BCUT2D eigenvalue weighted by atomic mass is 32.2. The minimum absolute atomic E-state index is 0.0236. The van der Waals surface area contributed by atoms with Crippen LogP contribution in [0, 0.1) is 24.0 Å². The summed E-state index contributed by atoms with van der Waals surface area (Å²) in [4.78, 5) is 47.7. The number of benzene rings is 3. The summed E-state index contributed by atoms with van der Waals surface area (Å²) < 4.78 is 6.77. The fourth-order valence-electron chi connectivity index (χ4n) is 3.96. The van der Waals surface area contributed by atoms with Crippen molar-refractivity contribution >= 4 is 40.9 Å². The highest BCUT2D eigenvalue weighted by Gasteiger charge is 2.19. The van der Waals surface area contributed by atoms with Gasteiger partial charge in [-0.25, -0.2) is 4.79 Å². The van der Waals surface area contributed by atoms with E-state index >= 15 is 0 Å². The Morgan fingerprint density at radius 2 is 1.67 bits per heavy atom. The zero-order valence-electron chi connectivity index (χ0n) is 23.1. The third-order valence-electron chi connectivity index (χ3n) is 6.28. The number of aromatic nitrogens is 3. The van der Waals surface area contributed by atoms with Gasteiger partial charge in [0.25, 0.3) is 11.6 Å². The van der Waals surface area contributed by atoms with Gasteiger partial charge in [-0.2, -0.15) is 0 Å². The van der Waals surface area contributed by atoms with E-state index in [0.717, 1.165) is 16.8 Å². The van der Waals surface area contributed by atoms with E-state index in [4.69, 9.17) is 4.74 Å². The van der Waals surface area contributed by atoms with Gasteiger partial charge in [0.1, 0.15) is 0 Å². The zero-order chi connectivity index (χ0) is 30.2. The minimum atomic E-state index is -0.532. The van der Waals surface area contributed by atoms with E-state index in [-0.39, 0.29) is 36.1 Å². The summed E-state index contributed by atoms with van der Waals surface area (Å²) in [5.41, 5.74) is 3.89. The lowest BCUT2D eigenvalue weighted by Gasteiger charge is -2.15. The molecule has 216 valence electrons. The maximum Gasteiger partial charge on any atom is 0.338 e. The smallest absolute Gasteiger partial charge is 0.338 e. The van der Waals surface area contributed by atoms with Crippen LogP contribution in [0.1, 0.15) is 44.6 Å². The van der Waals surface area contributed by atoms with E-state index in [1.54, 1.807) is 35.8 Å². The van der Waals surface area contributed by atoms with Crippen LogP contribution >= 0.6 is 11.8 Å². The predicted octanol–water partition coefficient (Wildman–Crippen LogP) is 4.63. The number of nitrogens with one attached hydrogen (secondary N) is 2. The summed E-state index contributed by atoms with van der Waals surface area (Å²) in [6.45, 7) is 5.97. The highest BCUT2D eigenvalue weighted by molar-refractivity contribution is 7.99. The summed E-state index contributed by atoms with van der Waals surface area (Å²) in [7, 11) is 0. The van der Waals surface area contributed by atoms with E-state index in [9.17, 15) is 24.5 Å². The van der Waals surface area contributed by atoms with Gasteiger partial charge < -0.3 is 15.4 Å². The molecule has 0 spiro atoms. The molecule has 3 aromatic carbocycles. The summed E-state index contributed by atoms with van der Waals surface area (Å²) >= 11 is 1.18. The molecular weight excluding hydrogens is 560 g/mol. The molecule has 42 heavy (non-hydrogen) atoms. The van der Waals surface area contributed by atoms with Crippen LogP contribution in [-0.4, -0.2) is 49.8 Å². The third kappa shape index (κ3) is 7.18. The first-order valence-corrected chi connectivity index (χ1v) is 13.9. The van der Waals surface area contributed by atoms with Crippen molar-refractivity contribution in [2.45, 2.75) is 32.5 Å². The Bertz CT molecular complexity index is 1620. The number of esters is 1. The van der Waals surface area contributed by atoms with E-state index < -0.39 is 16.8 Å². The second kappa shape index (κ2) is 13.5. The number of thioether (sulfide) groups is 1. The quantitative estimate of drug-likeness (QED) is 0.110. The minimum Gasteiger partial charge on any atom is -0.462 e. The SMILES string of the molecule is CCOC(=O)c1ccc(NC(=O)CSc2nnc(CNC(=O)c3ccc([N+](=O)[O-])cc3)n2-c2cccc(C)c2C)cc1. The number of rotatable bonds is 11. The maximum atomic E-state index is 12.7. The first kappa shape index (κ1) is 29.9. The second-order valence-electron chi connectivity index (χ2n) is 9.07. The Labute approximate surface area is 245 Å². The summed E-state index contributed by atoms with van der Waals surface area (Å²) in [5, 5.41) is 25.5. The largest absolute Gasteiger partial charge is 0.462 e. The number of nitro groups is 1. The first-order valence-electron chi connectivity index (χ1n) is 12.9. The van der Waals surface area contributed by atoms with Crippen molar-refractivity contribution in [3.05, 3.63) is 105 Å². The molecule has 4 aromatic rings. The van der Waals surface area contributed by atoms with Crippen LogP contribution in [0.5, 0.6) is 0 Å². The average Bonchev–Trinajstić information content (AvgIpc) is 3.39. The molecule has 0 saturated heterocycles. The Balaban J connectivity index is 1.48. The third-order valence-corrected chi connectivity index (χ3v) is 7.21. The molecular formula is C29H28N6O6S. The van der Waals surface area contributed by atoms with Crippen LogP contribution in [0.15, 0.2) is 71.9 Å². The van der Waals surface area contributed by atoms with Crippen molar-refractivity contribution in [2.75, 3.05) is 17.7 Å². The lowest BCUT2D eigenvalue weighted by molar-refractivity contribution is -0.384. The fourth-order valence-corrected chi connectivity index (χ4v) is 4.72. The second-order valence-corrected chi connectivity index (χ2v) is 10.0. The lowest BCUT2D eigenvalue weighted by atomic mass is 10.1. The van der Waals surface area contributed by atoms with Gasteiger partial charge in [-0.1, -0.05) is 23.9 Å². The van der Waals surface area contributed by atoms with Gasteiger partial charge in [0.2, 0.25) is 5.91 Å². The normalized spacial score (nSPS) is 10.6. The van der Waals surface area contributed by atoms with E-state index in [1.165, 1.54) is 36.0 Å². The molecule has 0 atom stereocenters. The van der Waals surface area contributed by atoms with Gasteiger partial charge in [0, 0.05) is 23.4 Å². The lowest BCUT2D eigenvalue weighted by Crippen LogP contribution is -2.24. The monoisotopic (exact) mass is 588 g/mol. The van der Waals surface area contributed by atoms with Crippen molar-refractivity contribution in [1.29, 1.82) is 0 Å². The van der Waals surface area contributed by atoms with Crippen LogP contribution < -0.4 is 10.6 Å². The number of aryl methyl sites for hydroxylation is 1. The number of carbonyl (C=O) groups is 3. The van der Waals surface area contributed by atoms with Gasteiger partial charge in [-0.3, -0.25) is 24.3 Å². The number of amides is 2. The topological polar surface area (TPSA) is 158 Å². The Morgan fingerprint density at radius 1 is 0.976 bits per heavy atom. The molecule has 0 saturated carbocycles. The molecule has 0 aliphatic heterocycles. The van der Waals surface area contributed by atoms with Crippen LogP contribution in [0.3, 0.4) is 0 Å². The Kier molecular flexibility index (Phi) is 9.65. The number of hydrogen-bond donors (Lipinski definition) is 2. The van der Waals surface area contributed by atoms with Crippen LogP contribution in [0.2, 0.25) is 0 Å². The molecule has 0 fully saturated rings. The molecule has 0 aliphatic rings. The Hall–Kier alpha value is -5.04. The maximum absolute atomic E-state index is 12.7. The number of nitrogens with zero attached hydrogens (tertiary/aromatic N) is 4. The number of anilines is 1. The molecule has 12 nitrogen and oxygen atoms in total. The summed E-state index contributed by atoms with van der Waals surface area (Å²) in [6, 6.07) is 17.5. The molecule has 0 aliphatic carbocycles. The van der Waals surface area contributed by atoms with Gasteiger partial charge >= 0.3 is 5.97 Å². The zero-order valence-corrected chi connectivity index (χ0v) is 23.9. The number of non-ortho nitro benzene ring substituents is 1. The fraction of sp³-hybridized carbons (Fsp3) is 0.207. The highest BCUT2D eigenvalue weighted by Crippen LogP contribution is 2.26. The molecule has 4 rings (SSSR count). The van der Waals surface area contributed by atoms with E-state index in [0.29, 0.717) is 22.2 Å². The number of nitro benzene ring substituents is 1. The molecule has 13 heteroatoms. The molecule has 0 radical (unpaired) electrons. The number of carbonyl (C=O) groups excluding carboxylic acids is 3. The summed E-state index contributed by atoms with van der Waals surface area (Å²) in [5.74, 6) is -0.680. The molecule has 2 amide bonds. The number of hydrogen-bond acceptors (Lipinski definition) is 9. The molecule has 2 N–H and O–H groups in total. The van der Waals surface area contributed by atoms with Crippen molar-refractivity contribution in [1.82, 2.24) is 20.1 Å². The van der Waals surface area contributed by atoms with Crippen LogP contribution in [0.4, 0.5) is 11.4 Å². The van der Waals surface area contributed by atoms with Gasteiger partial charge in [0.05, 0.1) is 35.1 Å². The van der Waals surface area contributed by atoms with Crippen molar-refractivity contribution in [3.8, 4) is 5.69 Å². The van der Waals surface area contributed by atoms with E-state index in [2.05, 4.69) is 20.8 Å². The number of ether oxygens (including phenoxy) is 1. The molecule has 0 bridgehead atoms. The van der Waals surface area contributed by atoms with E-state index in [1.807, 2.05) is 32.0 Å². The average molecular weight is 589 g/mol. The molecule has 0 unspecified atom stereocenters. The summed E-state index contributed by atoms with van der Waals surface area (Å²) in [6.07, 6.45) is 0. The van der Waals surface area contributed by atoms with Crippen LogP contribution in [-0.2, 0) is 16.1 Å². The molecule has 1 aromatic heterocycles. The van der Waals surface area contributed by atoms with Gasteiger partial charge in [0.15, 0.2) is 11.0 Å². The molecule has 1 heterocycles. The first-order chi connectivity index (χ1) is 20.2. The van der Waals surface area contributed by atoms with Crippen molar-refractivity contribution in [2.24, 2.45) is 0 Å². The standard InChI is InChI=1S/C29H28N6O6S/c1-4-41-28(38)21-8-12-22(13-9-21)31-26(36)17-42-29-33-32-25(34(29)24-7-5-6-18(2)19(24)3)16-30-27(37)20-10-14-23(15-11-20)35(39)40/h5-15H,4,16-17H2,1-3H3,(H,30,37)(H,31,36). The Morgan fingerprint density at radius 3 is 2.33 bits per heavy atom. The van der Waals surface area contributed by atoms with Crippen LogP contribution in [0.25, 0.3) is 5.69 Å². The van der Waals surface area contributed by atoms with Gasteiger partial charge in [-0.05, 0) is 74.4 Å².